The van der Waals surface area contributed by atoms with Crippen molar-refractivity contribution in [3.8, 4) is 0 Å². The van der Waals surface area contributed by atoms with E-state index in [0.717, 1.165) is 0 Å². The van der Waals surface area contributed by atoms with E-state index in [4.69, 9.17) is 0 Å². The Kier molecular flexibility index (Phi) is 4.78. The third-order valence-electron chi connectivity index (χ3n) is 3.80. The number of carboxylic acid groups (broad SMARTS) is 1. The number of sulfonamides is 1. The van der Waals surface area contributed by atoms with Crippen molar-refractivity contribution in [2.45, 2.75) is 40.0 Å². The van der Waals surface area contributed by atoms with Crippen molar-refractivity contribution < 1.29 is 18.3 Å². The first kappa shape index (κ1) is 15.4. The maximum Gasteiger partial charge on any atom is 0.311 e. The molecule has 0 aliphatic carbocycles. The van der Waals surface area contributed by atoms with Gasteiger partial charge in [-0.25, -0.2) is 12.7 Å². The summed E-state index contributed by atoms with van der Waals surface area (Å²) in [6.07, 6.45) is 1.50. The molecule has 0 bridgehead atoms. The van der Waals surface area contributed by atoms with Crippen molar-refractivity contribution in [2.24, 2.45) is 11.3 Å². The molecular weight excluding hydrogens is 254 g/mol. The van der Waals surface area contributed by atoms with E-state index in [9.17, 15) is 18.3 Å². The van der Waals surface area contributed by atoms with E-state index in [2.05, 4.69) is 0 Å². The predicted octanol–water partition coefficient (Wildman–Crippen LogP) is 1.55. The quantitative estimate of drug-likeness (QED) is 0.799. The van der Waals surface area contributed by atoms with Gasteiger partial charge in [-0.05, 0) is 25.2 Å². The van der Waals surface area contributed by atoms with Crippen LogP contribution in [0.3, 0.4) is 0 Å². The number of nitrogens with zero attached hydrogens (tertiary/aromatic N) is 1. The molecule has 0 radical (unpaired) electrons. The van der Waals surface area contributed by atoms with E-state index in [1.165, 1.54) is 4.31 Å². The summed E-state index contributed by atoms with van der Waals surface area (Å²) in [6.45, 7) is 6.22. The Bertz CT molecular complexity index is 404. The SMILES string of the molecule is CCC1(C(=O)O)CCN(S(=O)(=O)CCC(C)C)C1. The smallest absolute Gasteiger partial charge is 0.311 e. The molecule has 106 valence electrons. The molecule has 1 unspecified atom stereocenters. The highest BCUT2D eigenvalue weighted by atomic mass is 32.2. The Balaban J connectivity index is 2.74. The lowest BCUT2D eigenvalue weighted by Crippen LogP contribution is -2.37. The first-order valence-corrected chi connectivity index (χ1v) is 8.05. The Morgan fingerprint density at radius 3 is 2.44 bits per heavy atom. The van der Waals surface area contributed by atoms with Gasteiger partial charge in [-0.2, -0.15) is 0 Å². The summed E-state index contributed by atoms with van der Waals surface area (Å²) in [5, 5.41) is 9.24. The molecule has 1 aliphatic heterocycles. The fourth-order valence-corrected chi connectivity index (χ4v) is 4.04. The van der Waals surface area contributed by atoms with Gasteiger partial charge in [0.05, 0.1) is 11.2 Å². The summed E-state index contributed by atoms with van der Waals surface area (Å²) in [5.41, 5.74) is -0.884. The maximum absolute atomic E-state index is 12.1. The number of hydrogen-bond acceptors (Lipinski definition) is 3. The van der Waals surface area contributed by atoms with Crippen LogP contribution >= 0.6 is 0 Å². The zero-order valence-electron chi connectivity index (χ0n) is 11.3. The Morgan fingerprint density at radius 1 is 1.44 bits per heavy atom. The summed E-state index contributed by atoms with van der Waals surface area (Å²) < 4.78 is 25.5. The average Bonchev–Trinajstić information content (AvgIpc) is 2.73. The molecule has 18 heavy (non-hydrogen) atoms. The molecule has 1 atom stereocenters. The Hall–Kier alpha value is -0.620. The van der Waals surface area contributed by atoms with Gasteiger partial charge < -0.3 is 5.11 Å². The van der Waals surface area contributed by atoms with Gasteiger partial charge in [0.2, 0.25) is 10.0 Å². The summed E-state index contributed by atoms with van der Waals surface area (Å²) in [5.74, 6) is -0.436. The summed E-state index contributed by atoms with van der Waals surface area (Å²) in [6, 6.07) is 0. The van der Waals surface area contributed by atoms with Crippen molar-refractivity contribution in [1.29, 1.82) is 0 Å². The van der Waals surface area contributed by atoms with Crippen molar-refractivity contribution in [3.05, 3.63) is 0 Å². The van der Waals surface area contributed by atoms with Crippen molar-refractivity contribution >= 4 is 16.0 Å². The Labute approximate surface area is 109 Å². The van der Waals surface area contributed by atoms with Crippen LogP contribution in [0, 0.1) is 11.3 Å². The van der Waals surface area contributed by atoms with Gasteiger partial charge in [-0.1, -0.05) is 20.8 Å². The first-order chi connectivity index (χ1) is 8.23. The van der Waals surface area contributed by atoms with Gasteiger partial charge in [0, 0.05) is 13.1 Å². The highest BCUT2D eigenvalue weighted by Crippen LogP contribution is 2.35. The minimum Gasteiger partial charge on any atom is -0.481 e. The van der Waals surface area contributed by atoms with E-state index in [0.29, 0.717) is 31.7 Å². The lowest BCUT2D eigenvalue weighted by Gasteiger charge is -2.23. The second kappa shape index (κ2) is 5.57. The largest absolute Gasteiger partial charge is 0.481 e. The fraction of sp³-hybridized carbons (Fsp3) is 0.917. The molecule has 1 aliphatic rings. The molecule has 0 aromatic heterocycles. The van der Waals surface area contributed by atoms with Gasteiger partial charge in [0.1, 0.15) is 0 Å². The second-order valence-corrected chi connectivity index (χ2v) is 7.61. The van der Waals surface area contributed by atoms with Crippen molar-refractivity contribution in [1.82, 2.24) is 4.31 Å². The molecule has 1 N–H and O–H groups in total. The summed E-state index contributed by atoms with van der Waals surface area (Å²) >= 11 is 0. The van der Waals surface area contributed by atoms with Crippen LogP contribution in [0.2, 0.25) is 0 Å². The fourth-order valence-electron chi connectivity index (χ4n) is 2.20. The molecule has 0 saturated carbocycles. The number of carboxylic acids is 1. The van der Waals surface area contributed by atoms with E-state index >= 15 is 0 Å². The zero-order valence-corrected chi connectivity index (χ0v) is 12.2. The van der Waals surface area contributed by atoms with Crippen LogP contribution < -0.4 is 0 Å². The molecule has 6 heteroatoms. The van der Waals surface area contributed by atoms with Gasteiger partial charge in [-0.15, -0.1) is 0 Å². The molecular formula is C12H23NO4S. The highest BCUT2D eigenvalue weighted by molar-refractivity contribution is 7.89. The van der Waals surface area contributed by atoms with Crippen LogP contribution in [0.25, 0.3) is 0 Å². The predicted molar refractivity (Wildman–Crippen MR) is 69.8 cm³/mol. The Morgan fingerprint density at radius 2 is 2.06 bits per heavy atom. The lowest BCUT2D eigenvalue weighted by molar-refractivity contribution is -0.148. The lowest BCUT2D eigenvalue weighted by atomic mass is 9.85. The monoisotopic (exact) mass is 277 g/mol. The molecule has 0 spiro atoms. The number of hydrogen-bond donors (Lipinski definition) is 1. The molecule has 0 amide bonds. The van der Waals surface area contributed by atoms with E-state index < -0.39 is 21.4 Å². The van der Waals surface area contributed by atoms with Gasteiger partial charge >= 0.3 is 5.97 Å². The van der Waals surface area contributed by atoms with Crippen LogP contribution in [-0.4, -0.2) is 42.6 Å². The molecule has 1 heterocycles. The third kappa shape index (κ3) is 3.23. The number of aliphatic carboxylic acids is 1. The van der Waals surface area contributed by atoms with E-state index in [-0.39, 0.29) is 12.3 Å². The minimum atomic E-state index is -3.30. The molecule has 0 aromatic rings. The summed E-state index contributed by atoms with van der Waals surface area (Å²) in [4.78, 5) is 11.3. The van der Waals surface area contributed by atoms with E-state index in [1.807, 2.05) is 13.8 Å². The van der Waals surface area contributed by atoms with Crippen LogP contribution in [0.5, 0.6) is 0 Å². The average molecular weight is 277 g/mol. The van der Waals surface area contributed by atoms with Crippen molar-refractivity contribution in [3.63, 3.8) is 0 Å². The minimum absolute atomic E-state index is 0.115. The normalized spacial score (nSPS) is 25.8. The summed E-state index contributed by atoms with van der Waals surface area (Å²) in [7, 11) is -3.30. The van der Waals surface area contributed by atoms with Gasteiger partial charge in [-0.3, -0.25) is 4.79 Å². The second-order valence-electron chi connectivity index (χ2n) is 5.52. The topological polar surface area (TPSA) is 74.7 Å². The van der Waals surface area contributed by atoms with Gasteiger partial charge in [0.25, 0.3) is 0 Å². The molecule has 1 rings (SSSR count). The van der Waals surface area contributed by atoms with Crippen molar-refractivity contribution in [2.75, 3.05) is 18.8 Å². The van der Waals surface area contributed by atoms with Crippen LogP contribution in [-0.2, 0) is 14.8 Å². The molecule has 1 fully saturated rings. The number of carbonyl (C=O) groups is 1. The van der Waals surface area contributed by atoms with Crippen LogP contribution in [0.15, 0.2) is 0 Å². The molecule has 5 nitrogen and oxygen atoms in total. The van der Waals surface area contributed by atoms with Crippen LogP contribution in [0.1, 0.15) is 40.0 Å². The van der Waals surface area contributed by atoms with Gasteiger partial charge in [0.15, 0.2) is 0 Å². The first-order valence-electron chi connectivity index (χ1n) is 6.45. The van der Waals surface area contributed by atoms with Crippen LogP contribution in [0.4, 0.5) is 0 Å². The maximum atomic E-state index is 12.1. The standard InChI is InChI=1S/C12H23NO4S/c1-4-12(11(14)15)6-7-13(9-12)18(16,17)8-5-10(2)3/h10H,4-9H2,1-3H3,(H,14,15). The third-order valence-corrected chi connectivity index (χ3v) is 5.65. The molecule has 1 saturated heterocycles. The molecule has 0 aromatic carbocycles. The highest BCUT2D eigenvalue weighted by Gasteiger charge is 2.46. The van der Waals surface area contributed by atoms with E-state index in [1.54, 1.807) is 6.92 Å². The number of rotatable bonds is 6. The zero-order chi connectivity index (χ0) is 14.0.